The Bertz CT molecular complexity index is 1200. The molecule has 4 atom stereocenters. The molecule has 1 N–H and O–H groups in total. The topological polar surface area (TPSA) is 79.0 Å². The number of halogens is 1. The van der Waals surface area contributed by atoms with Crippen molar-refractivity contribution in [2.45, 2.75) is 31.3 Å². The molecule has 0 unspecified atom stereocenters. The number of hydrogen-bond donors (Lipinski definition) is 1. The number of amides is 3. The molecule has 6 rings (SSSR count). The minimum absolute atomic E-state index is 0.157. The summed E-state index contributed by atoms with van der Waals surface area (Å²) in [5, 5.41) is 3.40. The number of aryl methyl sites for hydroxylation is 1. The van der Waals surface area contributed by atoms with Crippen molar-refractivity contribution < 1.29 is 19.1 Å². The van der Waals surface area contributed by atoms with Crippen LogP contribution in [0.4, 0.5) is 11.4 Å². The summed E-state index contributed by atoms with van der Waals surface area (Å²) in [7, 11) is 1.56. The van der Waals surface area contributed by atoms with Crippen LogP contribution in [0.2, 0.25) is 5.02 Å². The first-order valence-electron chi connectivity index (χ1n) is 10.8. The molecule has 32 heavy (non-hydrogen) atoms. The first-order chi connectivity index (χ1) is 15.4. The molecule has 0 bridgehead atoms. The molecule has 164 valence electrons. The Morgan fingerprint density at radius 1 is 1.12 bits per heavy atom. The van der Waals surface area contributed by atoms with Crippen LogP contribution in [0.25, 0.3) is 0 Å². The number of imide groups is 1. The molecule has 0 aliphatic carbocycles. The van der Waals surface area contributed by atoms with E-state index in [9.17, 15) is 14.4 Å². The van der Waals surface area contributed by atoms with E-state index in [1.165, 1.54) is 4.90 Å². The van der Waals surface area contributed by atoms with Gasteiger partial charge in [-0.2, -0.15) is 0 Å². The van der Waals surface area contributed by atoms with Crippen LogP contribution >= 0.6 is 11.6 Å². The van der Waals surface area contributed by atoms with E-state index in [-0.39, 0.29) is 23.8 Å². The number of anilines is 2. The number of hydrogen-bond acceptors (Lipinski definition) is 5. The minimum atomic E-state index is -1.22. The summed E-state index contributed by atoms with van der Waals surface area (Å²) in [6, 6.07) is 10.4. The summed E-state index contributed by atoms with van der Waals surface area (Å²) in [6.45, 7) is 2.58. The largest absolute Gasteiger partial charge is 0.497 e. The number of nitrogens with zero attached hydrogens (tertiary/aromatic N) is 2. The van der Waals surface area contributed by atoms with Gasteiger partial charge in [-0.1, -0.05) is 17.7 Å². The number of methoxy groups -OCH3 is 1. The zero-order chi connectivity index (χ0) is 22.4. The van der Waals surface area contributed by atoms with Gasteiger partial charge in [0.2, 0.25) is 11.8 Å². The van der Waals surface area contributed by atoms with Crippen molar-refractivity contribution in [2.24, 2.45) is 11.8 Å². The second-order valence-corrected chi connectivity index (χ2v) is 9.41. The third-order valence-corrected chi connectivity index (χ3v) is 7.83. The molecular weight excluding hydrogens is 430 g/mol. The van der Waals surface area contributed by atoms with Gasteiger partial charge < -0.3 is 10.1 Å². The highest BCUT2D eigenvalue weighted by Gasteiger charge is 2.74. The minimum Gasteiger partial charge on any atom is -0.497 e. The number of rotatable bonds is 2. The predicted molar refractivity (Wildman–Crippen MR) is 119 cm³/mol. The molecule has 1 spiro atoms. The maximum absolute atomic E-state index is 13.9. The van der Waals surface area contributed by atoms with Crippen LogP contribution in [0.5, 0.6) is 5.75 Å². The summed E-state index contributed by atoms with van der Waals surface area (Å²) in [5.74, 6) is -1.55. The lowest BCUT2D eigenvalue weighted by molar-refractivity contribution is -0.135. The Kier molecular flexibility index (Phi) is 4.05. The fourth-order valence-corrected chi connectivity index (χ4v) is 6.70. The number of benzene rings is 2. The Labute approximate surface area is 190 Å². The number of carbonyl (C=O) groups is 3. The predicted octanol–water partition coefficient (Wildman–Crippen LogP) is 3.09. The van der Waals surface area contributed by atoms with Crippen molar-refractivity contribution in [1.82, 2.24) is 4.90 Å². The molecule has 4 aliphatic rings. The van der Waals surface area contributed by atoms with E-state index >= 15 is 0 Å². The van der Waals surface area contributed by atoms with E-state index in [0.29, 0.717) is 34.3 Å². The Hall–Kier alpha value is -2.90. The average Bonchev–Trinajstić information content (AvgIpc) is 3.47. The van der Waals surface area contributed by atoms with Crippen molar-refractivity contribution in [3.05, 3.63) is 52.5 Å². The van der Waals surface area contributed by atoms with E-state index in [2.05, 4.69) is 10.2 Å². The third-order valence-electron chi connectivity index (χ3n) is 7.53. The molecule has 3 fully saturated rings. The summed E-state index contributed by atoms with van der Waals surface area (Å²) in [4.78, 5) is 44.6. The molecule has 4 heterocycles. The first-order valence-corrected chi connectivity index (χ1v) is 11.2. The van der Waals surface area contributed by atoms with E-state index in [1.54, 1.807) is 37.4 Å². The summed E-state index contributed by atoms with van der Waals surface area (Å²) >= 11 is 6.50. The second-order valence-electron chi connectivity index (χ2n) is 9.01. The molecule has 3 saturated heterocycles. The van der Waals surface area contributed by atoms with Gasteiger partial charge in [0, 0.05) is 11.6 Å². The normalized spacial score (nSPS) is 30.7. The van der Waals surface area contributed by atoms with E-state index < -0.39 is 17.4 Å². The van der Waals surface area contributed by atoms with Gasteiger partial charge in [-0.15, -0.1) is 0 Å². The molecule has 0 aromatic heterocycles. The van der Waals surface area contributed by atoms with E-state index in [4.69, 9.17) is 16.3 Å². The fourth-order valence-electron chi connectivity index (χ4n) is 6.38. The lowest BCUT2D eigenvalue weighted by Crippen LogP contribution is -2.54. The Morgan fingerprint density at radius 3 is 2.59 bits per heavy atom. The van der Waals surface area contributed by atoms with E-state index in [0.717, 1.165) is 18.4 Å². The van der Waals surface area contributed by atoms with Gasteiger partial charge in [-0.25, -0.2) is 4.90 Å². The van der Waals surface area contributed by atoms with Gasteiger partial charge in [-0.05, 0) is 62.2 Å². The molecule has 4 aliphatic heterocycles. The third kappa shape index (κ3) is 2.22. The molecule has 3 amide bonds. The highest BCUT2D eigenvalue weighted by atomic mass is 35.5. The number of fused-ring (bicyclic) bond motifs is 7. The van der Waals surface area contributed by atoms with Crippen LogP contribution in [0, 0.1) is 18.8 Å². The number of carbonyl (C=O) groups excluding carboxylic acids is 3. The van der Waals surface area contributed by atoms with Crippen LogP contribution < -0.4 is 15.0 Å². The summed E-state index contributed by atoms with van der Waals surface area (Å²) < 4.78 is 5.21. The zero-order valence-electron chi connectivity index (χ0n) is 17.7. The van der Waals surface area contributed by atoms with Crippen molar-refractivity contribution in [2.75, 3.05) is 23.9 Å². The van der Waals surface area contributed by atoms with Crippen molar-refractivity contribution >= 4 is 40.7 Å². The van der Waals surface area contributed by atoms with Crippen molar-refractivity contribution in [3.63, 3.8) is 0 Å². The molecule has 0 saturated carbocycles. The fraction of sp³-hybridized carbons (Fsp3) is 0.375. The standard InChI is InChI=1S/C24H22ClN3O4/c1-12-10-15-20(16(25)11-12)26-23(31)24(15)19-18(17-4-3-9-27(17)24)21(29)28(22(19)30)13-5-7-14(32-2)8-6-13/h5-8,10-11,17-19H,3-4,9H2,1-2H3,(H,26,31)/t17-,18+,19+,24+/m0/s1. The lowest BCUT2D eigenvalue weighted by Gasteiger charge is -2.36. The second kappa shape index (κ2) is 6.56. The van der Waals surface area contributed by atoms with Crippen LogP contribution in [0.15, 0.2) is 36.4 Å². The van der Waals surface area contributed by atoms with Crippen LogP contribution in [0.3, 0.4) is 0 Å². The van der Waals surface area contributed by atoms with Gasteiger partial charge in [0.25, 0.3) is 5.91 Å². The zero-order valence-corrected chi connectivity index (χ0v) is 18.5. The van der Waals surface area contributed by atoms with Crippen LogP contribution in [-0.4, -0.2) is 42.3 Å². The highest BCUT2D eigenvalue weighted by molar-refractivity contribution is 6.35. The van der Waals surface area contributed by atoms with Gasteiger partial charge in [0.15, 0.2) is 0 Å². The first kappa shape index (κ1) is 19.8. The van der Waals surface area contributed by atoms with Crippen LogP contribution in [0.1, 0.15) is 24.0 Å². The van der Waals surface area contributed by atoms with Gasteiger partial charge in [0.1, 0.15) is 11.3 Å². The molecular formula is C24H22ClN3O4. The Balaban J connectivity index is 1.54. The molecule has 0 radical (unpaired) electrons. The monoisotopic (exact) mass is 451 g/mol. The quantitative estimate of drug-likeness (QED) is 0.710. The van der Waals surface area contributed by atoms with Gasteiger partial charge in [-0.3, -0.25) is 19.3 Å². The Morgan fingerprint density at radius 2 is 1.88 bits per heavy atom. The smallest absolute Gasteiger partial charge is 0.250 e. The van der Waals surface area contributed by atoms with E-state index in [1.807, 2.05) is 13.0 Å². The SMILES string of the molecule is COc1ccc(N2C(=O)[C@@H]3[C@@H]4CCCN4[C@@]4(C(=O)Nc5c(Cl)cc(C)cc54)[C@H]3C2=O)cc1. The molecule has 2 aromatic carbocycles. The van der Waals surface area contributed by atoms with Gasteiger partial charge in [0.05, 0.1) is 35.3 Å². The highest BCUT2D eigenvalue weighted by Crippen LogP contribution is 2.61. The summed E-state index contributed by atoms with van der Waals surface area (Å²) in [5.41, 5.74) is 1.45. The van der Waals surface area contributed by atoms with Crippen molar-refractivity contribution in [3.8, 4) is 5.75 Å². The molecule has 2 aromatic rings. The number of ether oxygens (including phenoxy) is 1. The van der Waals surface area contributed by atoms with Gasteiger partial charge >= 0.3 is 0 Å². The molecule has 7 nitrogen and oxygen atoms in total. The van der Waals surface area contributed by atoms with Crippen molar-refractivity contribution in [1.29, 1.82) is 0 Å². The molecule has 8 heteroatoms. The van der Waals surface area contributed by atoms with Crippen LogP contribution in [-0.2, 0) is 19.9 Å². The number of nitrogens with one attached hydrogen (secondary N) is 1. The maximum atomic E-state index is 13.9. The summed E-state index contributed by atoms with van der Waals surface area (Å²) in [6.07, 6.45) is 1.66. The lowest BCUT2D eigenvalue weighted by atomic mass is 9.75. The average molecular weight is 452 g/mol. The maximum Gasteiger partial charge on any atom is 0.250 e.